The van der Waals surface area contributed by atoms with E-state index in [0.29, 0.717) is 18.4 Å². The highest BCUT2D eigenvalue weighted by Gasteiger charge is 2.46. The summed E-state index contributed by atoms with van der Waals surface area (Å²) in [5.74, 6) is -1.33. The highest BCUT2D eigenvalue weighted by Crippen LogP contribution is 2.33. The summed E-state index contributed by atoms with van der Waals surface area (Å²) in [6.45, 7) is 1.89. The van der Waals surface area contributed by atoms with Gasteiger partial charge in [-0.1, -0.05) is 15.9 Å². The summed E-state index contributed by atoms with van der Waals surface area (Å²) in [4.78, 5) is 23.5. The van der Waals surface area contributed by atoms with Gasteiger partial charge in [-0.25, -0.2) is 4.79 Å². The maximum Gasteiger partial charge on any atom is 0.329 e. The molecule has 21 heavy (non-hydrogen) atoms. The van der Waals surface area contributed by atoms with Crippen LogP contribution in [0.4, 0.5) is 0 Å². The van der Waals surface area contributed by atoms with Crippen molar-refractivity contribution in [2.45, 2.75) is 31.7 Å². The van der Waals surface area contributed by atoms with Crippen LogP contribution in [0.15, 0.2) is 27.1 Å². The van der Waals surface area contributed by atoms with E-state index >= 15 is 0 Å². The number of carboxylic acids is 1. The van der Waals surface area contributed by atoms with Crippen molar-refractivity contribution in [3.05, 3.63) is 34.0 Å². The molecule has 2 aromatic rings. The molecule has 5 nitrogen and oxygen atoms in total. The molecular formula is C15H14BrNO4. The first-order chi connectivity index (χ1) is 9.91. The number of rotatable bonds is 3. The van der Waals surface area contributed by atoms with Crippen molar-refractivity contribution < 1.29 is 19.1 Å². The molecule has 1 saturated carbocycles. The molecule has 6 heteroatoms. The minimum absolute atomic E-state index is 0.138. The van der Waals surface area contributed by atoms with Gasteiger partial charge < -0.3 is 14.8 Å². The van der Waals surface area contributed by atoms with Crippen LogP contribution in [0.25, 0.3) is 11.0 Å². The van der Waals surface area contributed by atoms with E-state index < -0.39 is 17.4 Å². The number of aliphatic carboxylic acids is 1. The molecule has 0 unspecified atom stereocenters. The standard InChI is InChI=1S/C15H14BrNO4/c1-8-5-10(16)6-9-7-11(21-12(8)9)13(18)17-15(14(19)20)3-2-4-15/h5-7H,2-4H2,1H3,(H,17,18)(H,19,20). The van der Waals surface area contributed by atoms with Gasteiger partial charge in [0.25, 0.3) is 5.91 Å². The number of hydrogen-bond acceptors (Lipinski definition) is 3. The predicted octanol–water partition coefficient (Wildman–Crippen LogP) is 3.24. The number of fused-ring (bicyclic) bond motifs is 1. The molecule has 2 N–H and O–H groups in total. The summed E-state index contributed by atoms with van der Waals surface area (Å²) in [5, 5.41) is 12.7. The normalized spacial score (nSPS) is 16.5. The Morgan fingerprint density at radius 3 is 2.62 bits per heavy atom. The lowest BCUT2D eigenvalue weighted by Crippen LogP contribution is -2.59. The SMILES string of the molecule is Cc1cc(Br)cc2cc(C(=O)NC3(C(=O)O)CCC3)oc12. The Morgan fingerprint density at radius 2 is 2.05 bits per heavy atom. The Bertz CT molecular complexity index is 745. The molecule has 1 amide bonds. The van der Waals surface area contributed by atoms with Gasteiger partial charge in [0.2, 0.25) is 0 Å². The Kier molecular flexibility index (Phi) is 3.28. The fourth-order valence-electron chi connectivity index (χ4n) is 2.60. The molecule has 3 rings (SSSR count). The van der Waals surface area contributed by atoms with Gasteiger partial charge in [-0.2, -0.15) is 0 Å². The minimum Gasteiger partial charge on any atom is -0.480 e. The van der Waals surface area contributed by atoms with E-state index in [1.54, 1.807) is 6.07 Å². The van der Waals surface area contributed by atoms with E-state index in [4.69, 9.17) is 4.42 Å². The number of amides is 1. The molecule has 1 aromatic carbocycles. The van der Waals surface area contributed by atoms with Crippen molar-refractivity contribution in [1.82, 2.24) is 5.32 Å². The zero-order valence-corrected chi connectivity index (χ0v) is 13.0. The van der Waals surface area contributed by atoms with Crippen LogP contribution in [0, 0.1) is 6.92 Å². The second-order valence-corrected chi connectivity index (χ2v) is 6.36. The lowest BCUT2D eigenvalue weighted by atomic mass is 9.76. The largest absolute Gasteiger partial charge is 0.480 e. The molecule has 0 atom stereocenters. The summed E-state index contributed by atoms with van der Waals surface area (Å²) in [6, 6.07) is 5.40. The fourth-order valence-corrected chi connectivity index (χ4v) is 3.19. The molecule has 0 bridgehead atoms. The van der Waals surface area contributed by atoms with Gasteiger partial charge in [0.15, 0.2) is 5.76 Å². The summed E-state index contributed by atoms with van der Waals surface area (Å²) in [6.07, 6.45) is 1.72. The highest BCUT2D eigenvalue weighted by molar-refractivity contribution is 9.10. The number of carboxylic acid groups (broad SMARTS) is 1. The summed E-state index contributed by atoms with van der Waals surface area (Å²) in [7, 11) is 0. The Morgan fingerprint density at radius 1 is 1.33 bits per heavy atom. The average Bonchev–Trinajstić information content (AvgIpc) is 2.77. The molecule has 1 fully saturated rings. The highest BCUT2D eigenvalue weighted by atomic mass is 79.9. The number of benzene rings is 1. The second-order valence-electron chi connectivity index (χ2n) is 5.45. The van der Waals surface area contributed by atoms with E-state index in [1.807, 2.05) is 19.1 Å². The summed E-state index contributed by atoms with van der Waals surface area (Å²) >= 11 is 3.40. The first-order valence-corrected chi connectivity index (χ1v) is 7.46. The van der Waals surface area contributed by atoms with E-state index in [-0.39, 0.29) is 5.76 Å². The predicted molar refractivity (Wildman–Crippen MR) is 80.3 cm³/mol. The smallest absolute Gasteiger partial charge is 0.329 e. The van der Waals surface area contributed by atoms with Gasteiger partial charge in [-0.05, 0) is 49.9 Å². The third-order valence-corrected chi connectivity index (χ3v) is 4.42. The maximum absolute atomic E-state index is 12.2. The zero-order valence-electron chi connectivity index (χ0n) is 11.4. The molecule has 1 aliphatic carbocycles. The van der Waals surface area contributed by atoms with Crippen LogP contribution in [0.5, 0.6) is 0 Å². The van der Waals surface area contributed by atoms with E-state index in [9.17, 15) is 14.7 Å². The van der Waals surface area contributed by atoms with E-state index in [1.165, 1.54) is 0 Å². The molecular weight excluding hydrogens is 338 g/mol. The van der Waals surface area contributed by atoms with Crippen LogP contribution in [0.3, 0.4) is 0 Å². The van der Waals surface area contributed by atoms with Gasteiger partial charge in [-0.3, -0.25) is 4.79 Å². The van der Waals surface area contributed by atoms with Crippen LogP contribution in [-0.2, 0) is 4.79 Å². The molecule has 1 heterocycles. The number of furan rings is 1. The Balaban J connectivity index is 1.92. The van der Waals surface area contributed by atoms with Crippen molar-refractivity contribution in [2.24, 2.45) is 0 Å². The average molecular weight is 352 g/mol. The van der Waals surface area contributed by atoms with Crippen molar-refractivity contribution in [3.8, 4) is 0 Å². The Hall–Kier alpha value is -1.82. The first-order valence-electron chi connectivity index (χ1n) is 6.67. The molecule has 0 saturated heterocycles. The maximum atomic E-state index is 12.2. The molecule has 0 radical (unpaired) electrons. The quantitative estimate of drug-likeness (QED) is 0.889. The summed E-state index contributed by atoms with van der Waals surface area (Å²) < 4.78 is 6.49. The number of nitrogens with one attached hydrogen (secondary N) is 1. The minimum atomic E-state index is -1.13. The zero-order chi connectivity index (χ0) is 15.2. The van der Waals surface area contributed by atoms with Gasteiger partial charge in [0, 0.05) is 9.86 Å². The van der Waals surface area contributed by atoms with Gasteiger partial charge in [-0.15, -0.1) is 0 Å². The van der Waals surface area contributed by atoms with Crippen LogP contribution in [0.1, 0.15) is 35.4 Å². The van der Waals surface area contributed by atoms with E-state index in [0.717, 1.165) is 21.8 Å². The molecule has 1 aromatic heterocycles. The topological polar surface area (TPSA) is 79.5 Å². The third kappa shape index (κ3) is 2.33. The van der Waals surface area contributed by atoms with Crippen LogP contribution in [-0.4, -0.2) is 22.5 Å². The van der Waals surface area contributed by atoms with Crippen molar-refractivity contribution in [1.29, 1.82) is 0 Å². The van der Waals surface area contributed by atoms with Crippen LogP contribution in [0.2, 0.25) is 0 Å². The number of carbonyl (C=O) groups excluding carboxylic acids is 1. The van der Waals surface area contributed by atoms with Crippen molar-refractivity contribution >= 4 is 38.8 Å². The third-order valence-electron chi connectivity index (χ3n) is 3.96. The molecule has 0 aliphatic heterocycles. The Labute approximate surface area is 129 Å². The number of hydrogen-bond donors (Lipinski definition) is 2. The first kappa shape index (κ1) is 14.1. The van der Waals surface area contributed by atoms with Crippen LogP contribution < -0.4 is 5.32 Å². The summed E-state index contributed by atoms with van der Waals surface area (Å²) in [5.41, 5.74) is 0.419. The van der Waals surface area contributed by atoms with Gasteiger partial charge in [0.1, 0.15) is 11.1 Å². The number of halogens is 1. The lowest BCUT2D eigenvalue weighted by Gasteiger charge is -2.37. The van der Waals surface area contributed by atoms with Crippen molar-refractivity contribution in [2.75, 3.05) is 0 Å². The van der Waals surface area contributed by atoms with Crippen LogP contribution >= 0.6 is 15.9 Å². The lowest BCUT2D eigenvalue weighted by molar-refractivity contribution is -0.148. The monoisotopic (exact) mass is 351 g/mol. The van der Waals surface area contributed by atoms with Gasteiger partial charge in [0.05, 0.1) is 0 Å². The molecule has 110 valence electrons. The molecule has 1 aliphatic rings. The number of carbonyl (C=O) groups is 2. The van der Waals surface area contributed by atoms with E-state index in [2.05, 4.69) is 21.2 Å². The molecule has 0 spiro atoms. The van der Waals surface area contributed by atoms with Crippen molar-refractivity contribution in [3.63, 3.8) is 0 Å². The fraction of sp³-hybridized carbons (Fsp3) is 0.333. The second kappa shape index (κ2) is 4.87. The van der Waals surface area contributed by atoms with Gasteiger partial charge >= 0.3 is 5.97 Å². The number of aryl methyl sites for hydroxylation is 1.